The second kappa shape index (κ2) is 6.39. The number of thiophene rings is 1. The van der Waals surface area contributed by atoms with Crippen LogP contribution in [0.25, 0.3) is 0 Å². The van der Waals surface area contributed by atoms with Crippen LogP contribution in [0.4, 0.5) is 5.69 Å². The molecule has 0 unspecified atom stereocenters. The average molecular weight is 281 g/mol. The fourth-order valence-electron chi connectivity index (χ4n) is 1.37. The Labute approximate surface area is 114 Å². The molecule has 0 saturated heterocycles. The largest absolute Gasteiger partial charge is 0.325 e. The zero-order valence-corrected chi connectivity index (χ0v) is 11.1. The maximum atomic E-state index is 5.85. The third-order valence-electron chi connectivity index (χ3n) is 2.20. The second-order valence-corrected chi connectivity index (χ2v) is 5.31. The number of aliphatic imine (C=N–C) groups is 1. The van der Waals surface area contributed by atoms with Crippen LogP contribution in [0.2, 0.25) is 4.34 Å². The van der Waals surface area contributed by atoms with Crippen molar-refractivity contribution in [2.45, 2.75) is 6.54 Å². The molecule has 0 saturated carbocycles. The summed E-state index contributed by atoms with van der Waals surface area (Å²) < 4.78 is 0.762. The van der Waals surface area contributed by atoms with Crippen LogP contribution in [0, 0.1) is 0 Å². The van der Waals surface area contributed by atoms with Crippen LogP contribution in [0.3, 0.4) is 0 Å². The normalized spacial score (nSPS) is 11.3. The van der Waals surface area contributed by atoms with E-state index in [1.165, 1.54) is 11.3 Å². The summed E-state index contributed by atoms with van der Waals surface area (Å²) in [5.74, 6) is 5.94. The average Bonchev–Trinajstić information content (AvgIpc) is 2.81. The van der Waals surface area contributed by atoms with Crippen molar-refractivity contribution in [1.82, 2.24) is 5.43 Å². The first-order valence-corrected chi connectivity index (χ1v) is 6.55. The molecule has 0 amide bonds. The predicted molar refractivity (Wildman–Crippen MR) is 77.9 cm³/mol. The fraction of sp³-hybridized carbons (Fsp3) is 0.0833. The van der Waals surface area contributed by atoms with Gasteiger partial charge in [0.1, 0.15) is 0 Å². The van der Waals surface area contributed by atoms with E-state index in [2.05, 4.69) is 15.7 Å². The molecular weight excluding hydrogens is 268 g/mol. The summed E-state index contributed by atoms with van der Waals surface area (Å²) >= 11 is 7.36. The summed E-state index contributed by atoms with van der Waals surface area (Å²) in [5, 5.41) is 3.09. The monoisotopic (exact) mass is 280 g/mol. The number of nitrogens with two attached hydrogens (primary N) is 1. The highest BCUT2D eigenvalue weighted by Crippen LogP contribution is 2.21. The van der Waals surface area contributed by atoms with E-state index in [1.807, 2.05) is 42.5 Å². The molecule has 0 aliphatic carbocycles. The van der Waals surface area contributed by atoms with Gasteiger partial charge in [-0.3, -0.25) is 5.43 Å². The number of guanidine groups is 1. The summed E-state index contributed by atoms with van der Waals surface area (Å²) in [4.78, 5) is 5.43. The number of hydrogen-bond donors (Lipinski definition) is 3. The van der Waals surface area contributed by atoms with E-state index < -0.39 is 0 Å². The zero-order chi connectivity index (χ0) is 12.8. The van der Waals surface area contributed by atoms with Crippen LogP contribution in [0.15, 0.2) is 47.5 Å². The van der Waals surface area contributed by atoms with Crippen LogP contribution in [-0.2, 0) is 6.54 Å². The first kappa shape index (κ1) is 12.9. The van der Waals surface area contributed by atoms with Crippen molar-refractivity contribution in [2.24, 2.45) is 10.8 Å². The molecule has 0 aliphatic heterocycles. The lowest BCUT2D eigenvalue weighted by Crippen LogP contribution is -2.36. The van der Waals surface area contributed by atoms with Crippen LogP contribution in [-0.4, -0.2) is 5.96 Å². The minimum absolute atomic E-state index is 0.519. The van der Waals surface area contributed by atoms with Crippen molar-refractivity contribution in [3.63, 3.8) is 0 Å². The lowest BCUT2D eigenvalue weighted by Gasteiger charge is -2.08. The van der Waals surface area contributed by atoms with E-state index in [1.54, 1.807) is 0 Å². The molecule has 4 nitrogen and oxygen atoms in total. The number of hydrazine groups is 1. The number of nitrogens with zero attached hydrogens (tertiary/aromatic N) is 1. The van der Waals surface area contributed by atoms with Gasteiger partial charge in [-0.15, -0.1) is 11.3 Å². The van der Waals surface area contributed by atoms with E-state index in [4.69, 9.17) is 17.4 Å². The van der Waals surface area contributed by atoms with Gasteiger partial charge in [0.2, 0.25) is 5.96 Å². The highest BCUT2D eigenvalue weighted by molar-refractivity contribution is 7.16. The topological polar surface area (TPSA) is 62.4 Å². The Bertz CT molecular complexity index is 524. The van der Waals surface area contributed by atoms with E-state index in [0.29, 0.717) is 12.5 Å². The van der Waals surface area contributed by atoms with Crippen molar-refractivity contribution < 1.29 is 0 Å². The predicted octanol–water partition coefficient (Wildman–Crippen LogP) is 2.83. The van der Waals surface area contributed by atoms with Crippen molar-refractivity contribution in [3.05, 3.63) is 51.7 Å². The van der Waals surface area contributed by atoms with Crippen LogP contribution >= 0.6 is 22.9 Å². The summed E-state index contributed by atoms with van der Waals surface area (Å²) in [6.07, 6.45) is 0. The number of nitrogens with one attached hydrogen (secondary N) is 2. The first-order chi connectivity index (χ1) is 8.78. The van der Waals surface area contributed by atoms with Gasteiger partial charge in [-0.05, 0) is 24.3 Å². The molecule has 2 rings (SSSR count). The third-order valence-corrected chi connectivity index (χ3v) is 3.41. The van der Waals surface area contributed by atoms with Gasteiger partial charge in [0.25, 0.3) is 0 Å². The van der Waals surface area contributed by atoms with Gasteiger partial charge < -0.3 is 5.32 Å². The standard InChI is InChI=1S/C12H13ClN4S/c13-11-7-6-10(18-11)8-15-12(17-14)16-9-4-2-1-3-5-9/h1-7H,8,14H2,(H2,15,16,17). The van der Waals surface area contributed by atoms with E-state index in [0.717, 1.165) is 14.9 Å². The number of rotatable bonds is 3. The molecule has 0 fully saturated rings. The van der Waals surface area contributed by atoms with E-state index in [9.17, 15) is 0 Å². The van der Waals surface area contributed by atoms with E-state index in [-0.39, 0.29) is 0 Å². The summed E-state index contributed by atoms with van der Waals surface area (Å²) in [6.45, 7) is 0.538. The molecule has 2 aromatic rings. The molecule has 94 valence electrons. The Kier molecular flexibility index (Phi) is 4.58. The molecule has 1 aromatic heterocycles. The highest BCUT2D eigenvalue weighted by Gasteiger charge is 1.99. The minimum Gasteiger partial charge on any atom is -0.325 e. The molecule has 0 atom stereocenters. The van der Waals surface area contributed by atoms with Crippen LogP contribution in [0.5, 0.6) is 0 Å². The maximum Gasteiger partial charge on any atom is 0.210 e. The Morgan fingerprint density at radius 3 is 2.61 bits per heavy atom. The molecule has 0 aliphatic rings. The second-order valence-electron chi connectivity index (χ2n) is 3.51. The molecule has 0 bridgehead atoms. The van der Waals surface area contributed by atoms with Crippen LogP contribution < -0.4 is 16.6 Å². The van der Waals surface area contributed by atoms with Gasteiger partial charge in [-0.2, -0.15) is 0 Å². The first-order valence-electron chi connectivity index (χ1n) is 5.35. The zero-order valence-electron chi connectivity index (χ0n) is 9.56. The van der Waals surface area contributed by atoms with Crippen LogP contribution in [0.1, 0.15) is 4.88 Å². The minimum atomic E-state index is 0.519. The van der Waals surface area contributed by atoms with E-state index >= 15 is 0 Å². The summed E-state index contributed by atoms with van der Waals surface area (Å²) in [5.41, 5.74) is 3.47. The lowest BCUT2D eigenvalue weighted by molar-refractivity contribution is 0.976. The van der Waals surface area contributed by atoms with Gasteiger partial charge in [-0.1, -0.05) is 29.8 Å². The molecule has 4 N–H and O–H groups in total. The number of anilines is 1. The van der Waals surface area contributed by atoms with Gasteiger partial charge in [0.05, 0.1) is 10.9 Å². The smallest absolute Gasteiger partial charge is 0.210 e. The van der Waals surface area contributed by atoms with Crippen molar-refractivity contribution in [3.8, 4) is 0 Å². The van der Waals surface area contributed by atoms with Gasteiger partial charge >= 0.3 is 0 Å². The van der Waals surface area contributed by atoms with Crippen molar-refractivity contribution in [2.75, 3.05) is 5.32 Å². The molecule has 0 spiro atoms. The molecule has 18 heavy (non-hydrogen) atoms. The molecule has 0 radical (unpaired) electrons. The Hall–Kier alpha value is -1.56. The number of halogens is 1. The van der Waals surface area contributed by atoms with Gasteiger partial charge in [-0.25, -0.2) is 10.8 Å². The number of hydrogen-bond acceptors (Lipinski definition) is 3. The number of para-hydroxylation sites is 1. The quantitative estimate of drug-likeness (QED) is 0.351. The van der Waals surface area contributed by atoms with Gasteiger partial charge in [0.15, 0.2) is 0 Å². The molecule has 6 heteroatoms. The SMILES string of the molecule is NNC(=NCc1ccc(Cl)s1)Nc1ccccc1. The van der Waals surface area contributed by atoms with Crippen molar-refractivity contribution in [1.29, 1.82) is 0 Å². The molecule has 1 heterocycles. The summed E-state index contributed by atoms with van der Waals surface area (Å²) in [7, 11) is 0. The fourth-order valence-corrected chi connectivity index (χ4v) is 2.39. The van der Waals surface area contributed by atoms with Gasteiger partial charge in [0, 0.05) is 10.6 Å². The maximum absolute atomic E-state index is 5.85. The third kappa shape index (κ3) is 3.73. The Morgan fingerprint density at radius 1 is 1.22 bits per heavy atom. The summed E-state index contributed by atoms with van der Waals surface area (Å²) in [6, 6.07) is 13.5. The Morgan fingerprint density at radius 2 is 2.00 bits per heavy atom. The lowest BCUT2D eigenvalue weighted by atomic mass is 10.3. The highest BCUT2D eigenvalue weighted by atomic mass is 35.5. The molecule has 1 aromatic carbocycles. The number of benzene rings is 1. The molecular formula is C12H13ClN4S. The van der Waals surface area contributed by atoms with Crippen molar-refractivity contribution >= 4 is 34.6 Å². The Balaban J connectivity index is 2.00.